The first-order valence-electron chi connectivity index (χ1n) is 10.8. The number of aryl methyl sites for hydroxylation is 1. The number of likely N-dealkylation sites (tertiary alicyclic amines) is 1. The smallest absolute Gasteiger partial charge is 0.162 e. The number of carbonyl (C=O) groups is 1. The SMILES string of the molecule is CN1CCCc2cc(C(=O)CCC3CCN(Cc4ccccc4)CC3)ccc21.Cl.Cl. The van der Waals surface area contributed by atoms with Crippen LogP contribution >= 0.6 is 24.8 Å². The summed E-state index contributed by atoms with van der Waals surface area (Å²) in [5.41, 5.74) is 4.95. The van der Waals surface area contributed by atoms with Crippen molar-refractivity contribution in [1.82, 2.24) is 4.90 Å². The average Bonchev–Trinajstić information content (AvgIpc) is 2.74. The maximum absolute atomic E-state index is 12.7. The van der Waals surface area contributed by atoms with Crippen LogP contribution < -0.4 is 4.90 Å². The van der Waals surface area contributed by atoms with Gasteiger partial charge in [0.05, 0.1) is 0 Å². The lowest BCUT2D eigenvalue weighted by atomic mass is 9.89. The molecule has 0 N–H and O–H groups in total. The van der Waals surface area contributed by atoms with Crippen LogP contribution in [0.1, 0.15) is 53.6 Å². The Kier molecular flexibility index (Phi) is 9.67. The lowest BCUT2D eigenvalue weighted by molar-refractivity contribution is 0.0961. The summed E-state index contributed by atoms with van der Waals surface area (Å²) in [4.78, 5) is 17.6. The van der Waals surface area contributed by atoms with Gasteiger partial charge in [-0.3, -0.25) is 9.69 Å². The van der Waals surface area contributed by atoms with Gasteiger partial charge in [-0.1, -0.05) is 30.3 Å². The Morgan fingerprint density at radius 2 is 1.73 bits per heavy atom. The molecule has 0 unspecified atom stereocenters. The molecule has 2 aliphatic rings. The number of hydrogen-bond donors (Lipinski definition) is 0. The number of fused-ring (bicyclic) bond motifs is 1. The minimum atomic E-state index is 0. The van der Waals surface area contributed by atoms with E-state index in [1.807, 2.05) is 6.07 Å². The molecule has 1 saturated heterocycles. The first kappa shape index (κ1) is 24.7. The van der Waals surface area contributed by atoms with Gasteiger partial charge < -0.3 is 4.90 Å². The number of nitrogens with zero attached hydrogens (tertiary/aromatic N) is 2. The fourth-order valence-corrected chi connectivity index (χ4v) is 4.71. The van der Waals surface area contributed by atoms with Crippen LogP contribution in [-0.4, -0.2) is 37.4 Å². The van der Waals surface area contributed by atoms with Gasteiger partial charge in [0.2, 0.25) is 0 Å². The van der Waals surface area contributed by atoms with Gasteiger partial charge in [-0.25, -0.2) is 0 Å². The Morgan fingerprint density at radius 1 is 1.00 bits per heavy atom. The zero-order valence-electron chi connectivity index (χ0n) is 17.9. The third-order valence-electron chi connectivity index (χ3n) is 6.49. The fraction of sp³-hybridized carbons (Fsp3) is 0.480. The number of hydrogen-bond acceptors (Lipinski definition) is 3. The third-order valence-corrected chi connectivity index (χ3v) is 6.49. The second-order valence-corrected chi connectivity index (χ2v) is 8.54. The first-order valence-corrected chi connectivity index (χ1v) is 10.8. The number of rotatable bonds is 6. The van der Waals surface area contributed by atoms with Gasteiger partial charge in [0.15, 0.2) is 5.78 Å². The van der Waals surface area contributed by atoms with Crippen LogP contribution in [0, 0.1) is 5.92 Å². The molecular weight excluding hydrogens is 415 g/mol. The van der Waals surface area contributed by atoms with E-state index in [0.717, 1.165) is 44.6 Å². The van der Waals surface area contributed by atoms with Crippen LogP contribution in [0.15, 0.2) is 48.5 Å². The fourth-order valence-electron chi connectivity index (χ4n) is 4.71. The zero-order chi connectivity index (χ0) is 19.3. The van der Waals surface area contributed by atoms with Crippen molar-refractivity contribution < 1.29 is 4.79 Å². The number of piperidine rings is 1. The van der Waals surface area contributed by atoms with Crippen LogP contribution in [0.25, 0.3) is 0 Å². The zero-order valence-corrected chi connectivity index (χ0v) is 19.5. The molecule has 30 heavy (non-hydrogen) atoms. The highest BCUT2D eigenvalue weighted by Crippen LogP contribution is 2.28. The number of benzene rings is 2. The maximum Gasteiger partial charge on any atom is 0.162 e. The minimum Gasteiger partial charge on any atom is -0.374 e. The molecule has 1 fully saturated rings. The summed E-state index contributed by atoms with van der Waals surface area (Å²) >= 11 is 0. The van der Waals surface area contributed by atoms with Crippen molar-refractivity contribution in [3.8, 4) is 0 Å². The van der Waals surface area contributed by atoms with E-state index in [1.54, 1.807) is 0 Å². The molecule has 3 nitrogen and oxygen atoms in total. The van der Waals surface area contributed by atoms with E-state index < -0.39 is 0 Å². The normalized spacial score (nSPS) is 16.9. The van der Waals surface area contributed by atoms with Crippen molar-refractivity contribution in [2.24, 2.45) is 5.92 Å². The van der Waals surface area contributed by atoms with Gasteiger partial charge in [-0.05, 0) is 80.4 Å². The topological polar surface area (TPSA) is 23.6 Å². The van der Waals surface area contributed by atoms with E-state index in [2.05, 4.69) is 59.3 Å². The molecule has 2 aromatic rings. The van der Waals surface area contributed by atoms with E-state index in [4.69, 9.17) is 0 Å². The second kappa shape index (κ2) is 11.7. The molecule has 0 bridgehead atoms. The number of anilines is 1. The molecule has 0 aliphatic carbocycles. The number of ketones is 1. The van der Waals surface area contributed by atoms with Crippen LogP contribution in [0.3, 0.4) is 0 Å². The summed E-state index contributed by atoms with van der Waals surface area (Å²) in [5.74, 6) is 1.02. The highest BCUT2D eigenvalue weighted by molar-refractivity contribution is 5.96. The predicted octanol–water partition coefficient (Wildman–Crippen LogP) is 5.79. The van der Waals surface area contributed by atoms with Crippen LogP contribution in [-0.2, 0) is 13.0 Å². The van der Waals surface area contributed by atoms with Gasteiger partial charge in [0.25, 0.3) is 0 Å². The Labute approximate surface area is 193 Å². The summed E-state index contributed by atoms with van der Waals surface area (Å²) in [5, 5.41) is 0. The van der Waals surface area contributed by atoms with E-state index in [-0.39, 0.29) is 24.8 Å². The Bertz CT molecular complexity index is 804. The Hall–Kier alpha value is -1.55. The van der Waals surface area contributed by atoms with Crippen LogP contribution in [0.4, 0.5) is 5.69 Å². The minimum absolute atomic E-state index is 0. The van der Waals surface area contributed by atoms with Crippen molar-refractivity contribution in [3.63, 3.8) is 0 Å². The summed E-state index contributed by atoms with van der Waals surface area (Å²) in [6.07, 6.45) is 6.44. The van der Waals surface area contributed by atoms with Crippen molar-refractivity contribution in [2.45, 2.75) is 45.1 Å². The van der Waals surface area contributed by atoms with Gasteiger partial charge in [-0.2, -0.15) is 0 Å². The summed E-state index contributed by atoms with van der Waals surface area (Å²) in [7, 11) is 2.14. The number of carbonyl (C=O) groups excluding carboxylic acids is 1. The standard InChI is InChI=1S/C25H32N2O.2ClH/c1-26-15-5-8-22-18-23(10-11-24(22)26)25(28)12-9-20-13-16-27(17-14-20)19-21-6-3-2-4-7-21;;/h2-4,6-7,10-11,18,20H,5,8-9,12-17,19H2,1H3;2*1H. The van der Waals surface area contributed by atoms with Crippen molar-refractivity contribution in [3.05, 3.63) is 65.2 Å². The molecule has 164 valence electrons. The van der Waals surface area contributed by atoms with E-state index >= 15 is 0 Å². The van der Waals surface area contributed by atoms with Gasteiger partial charge in [-0.15, -0.1) is 24.8 Å². The first-order chi connectivity index (χ1) is 13.7. The molecule has 2 aromatic carbocycles. The molecule has 0 amide bonds. The molecule has 0 atom stereocenters. The van der Waals surface area contributed by atoms with E-state index in [9.17, 15) is 4.79 Å². The monoisotopic (exact) mass is 448 g/mol. The predicted molar refractivity (Wildman–Crippen MR) is 131 cm³/mol. The van der Waals surface area contributed by atoms with Gasteiger partial charge in [0.1, 0.15) is 0 Å². The van der Waals surface area contributed by atoms with E-state index in [0.29, 0.717) is 18.1 Å². The van der Waals surface area contributed by atoms with Crippen molar-refractivity contribution >= 4 is 36.3 Å². The molecule has 0 spiro atoms. The highest BCUT2D eigenvalue weighted by atomic mass is 35.5. The van der Waals surface area contributed by atoms with Crippen molar-refractivity contribution in [1.29, 1.82) is 0 Å². The average molecular weight is 449 g/mol. The lowest BCUT2D eigenvalue weighted by Crippen LogP contribution is -2.33. The quantitative estimate of drug-likeness (QED) is 0.522. The molecule has 0 radical (unpaired) electrons. The number of halogens is 2. The maximum atomic E-state index is 12.7. The van der Waals surface area contributed by atoms with E-state index in [1.165, 1.54) is 36.1 Å². The lowest BCUT2D eigenvalue weighted by Gasteiger charge is -2.32. The molecule has 0 saturated carbocycles. The van der Waals surface area contributed by atoms with Crippen LogP contribution in [0.2, 0.25) is 0 Å². The summed E-state index contributed by atoms with van der Waals surface area (Å²) in [6.45, 7) is 4.47. The molecule has 0 aromatic heterocycles. The molecular formula is C25H34Cl2N2O. The Balaban J connectivity index is 0.00000160. The second-order valence-electron chi connectivity index (χ2n) is 8.54. The molecule has 2 heterocycles. The Morgan fingerprint density at radius 3 is 2.47 bits per heavy atom. The van der Waals surface area contributed by atoms with Gasteiger partial charge >= 0.3 is 0 Å². The van der Waals surface area contributed by atoms with Crippen LogP contribution in [0.5, 0.6) is 0 Å². The van der Waals surface area contributed by atoms with Gasteiger partial charge in [0, 0.05) is 37.8 Å². The summed E-state index contributed by atoms with van der Waals surface area (Å²) in [6, 6.07) is 17.1. The largest absolute Gasteiger partial charge is 0.374 e. The summed E-state index contributed by atoms with van der Waals surface area (Å²) < 4.78 is 0. The number of Topliss-reactive ketones (excluding diaryl/α,β-unsaturated/α-hetero) is 1. The van der Waals surface area contributed by atoms with Crippen molar-refractivity contribution in [2.75, 3.05) is 31.6 Å². The third kappa shape index (κ3) is 6.23. The molecule has 4 rings (SSSR count). The molecule has 2 aliphatic heterocycles. The highest BCUT2D eigenvalue weighted by Gasteiger charge is 2.21. The molecule has 5 heteroatoms.